The van der Waals surface area contributed by atoms with E-state index in [4.69, 9.17) is 9.47 Å². The van der Waals surface area contributed by atoms with E-state index in [9.17, 15) is 37.8 Å². The van der Waals surface area contributed by atoms with E-state index in [-0.39, 0.29) is 13.2 Å². The number of carboxylic acids is 2. The summed E-state index contributed by atoms with van der Waals surface area (Å²) in [5.41, 5.74) is -1.80. The van der Waals surface area contributed by atoms with Crippen molar-refractivity contribution in [1.29, 1.82) is 0 Å². The third kappa shape index (κ3) is 5.75. The van der Waals surface area contributed by atoms with Gasteiger partial charge in [-0.1, -0.05) is 13.8 Å². The second-order valence-electron chi connectivity index (χ2n) is 6.80. The van der Waals surface area contributed by atoms with Gasteiger partial charge >= 0.3 is 23.9 Å². The molecule has 2 aromatic rings. The number of aromatic carboxylic acids is 2. The minimum Gasteiger partial charge on any atom is -0.478 e. The lowest BCUT2D eigenvalue weighted by molar-refractivity contribution is 0.0489. The van der Waals surface area contributed by atoms with Crippen molar-refractivity contribution in [2.24, 2.45) is 0 Å². The number of sulfone groups is 1. The minimum atomic E-state index is -4.38. The SMILES string of the molecule is CCCOC(=O)c1cc(S(=O)(=O)c2ccc(C(=O)O)c(C(=O)OCCC)c2)ccc1C(=O)O. The molecule has 0 atom stereocenters. The van der Waals surface area contributed by atoms with Crippen LogP contribution in [0.5, 0.6) is 0 Å². The van der Waals surface area contributed by atoms with Crippen LogP contribution in [-0.2, 0) is 19.3 Å². The molecule has 0 bridgehead atoms. The predicted octanol–water partition coefficient (Wildman–Crippen LogP) is 3.05. The van der Waals surface area contributed by atoms with Crippen LogP contribution in [0, 0.1) is 0 Å². The Balaban J connectivity index is 2.61. The van der Waals surface area contributed by atoms with Crippen molar-refractivity contribution in [3.63, 3.8) is 0 Å². The van der Waals surface area contributed by atoms with E-state index in [0.717, 1.165) is 36.4 Å². The lowest BCUT2D eigenvalue weighted by Gasteiger charge is -2.12. The maximum Gasteiger partial charge on any atom is 0.339 e. The van der Waals surface area contributed by atoms with Crippen molar-refractivity contribution in [2.75, 3.05) is 13.2 Å². The van der Waals surface area contributed by atoms with E-state index in [2.05, 4.69) is 0 Å². The maximum absolute atomic E-state index is 13.2. The van der Waals surface area contributed by atoms with Gasteiger partial charge in [0, 0.05) is 0 Å². The summed E-state index contributed by atoms with van der Waals surface area (Å²) >= 11 is 0. The predicted molar refractivity (Wildman–Crippen MR) is 113 cm³/mol. The van der Waals surface area contributed by atoms with Gasteiger partial charge in [-0.25, -0.2) is 27.6 Å². The maximum atomic E-state index is 13.2. The Bertz CT molecular complexity index is 1110. The molecule has 0 unspecified atom stereocenters. The molecule has 0 saturated carbocycles. The topological polar surface area (TPSA) is 161 Å². The van der Waals surface area contributed by atoms with Gasteiger partial charge < -0.3 is 19.7 Å². The zero-order valence-electron chi connectivity index (χ0n) is 17.9. The Hall–Kier alpha value is -3.73. The Morgan fingerprint density at radius 3 is 1.36 bits per heavy atom. The quantitative estimate of drug-likeness (QED) is 0.485. The molecular formula is C22H22O10S. The highest BCUT2D eigenvalue weighted by atomic mass is 32.2. The van der Waals surface area contributed by atoms with Crippen LogP contribution in [0.15, 0.2) is 46.2 Å². The summed E-state index contributed by atoms with van der Waals surface area (Å²) in [5.74, 6) is -4.91. The molecule has 0 aliphatic carbocycles. The summed E-state index contributed by atoms with van der Waals surface area (Å²) in [6.07, 6.45) is 0.942. The average molecular weight is 478 g/mol. The largest absolute Gasteiger partial charge is 0.478 e. The van der Waals surface area contributed by atoms with Crippen LogP contribution in [-0.4, -0.2) is 55.7 Å². The molecule has 11 heteroatoms. The van der Waals surface area contributed by atoms with E-state index < -0.39 is 65.8 Å². The van der Waals surface area contributed by atoms with Gasteiger partial charge in [0.25, 0.3) is 0 Å². The van der Waals surface area contributed by atoms with Gasteiger partial charge in [-0.05, 0) is 49.2 Å². The van der Waals surface area contributed by atoms with Crippen LogP contribution in [0.1, 0.15) is 68.1 Å². The highest BCUT2D eigenvalue weighted by molar-refractivity contribution is 7.91. The third-order valence-electron chi connectivity index (χ3n) is 4.38. The highest BCUT2D eigenvalue weighted by Gasteiger charge is 2.27. The van der Waals surface area contributed by atoms with E-state index in [1.165, 1.54) is 0 Å². The molecule has 0 aliphatic rings. The van der Waals surface area contributed by atoms with Crippen LogP contribution in [0.4, 0.5) is 0 Å². The molecule has 2 aromatic carbocycles. The van der Waals surface area contributed by atoms with Crippen molar-refractivity contribution in [1.82, 2.24) is 0 Å². The van der Waals surface area contributed by atoms with Crippen LogP contribution >= 0.6 is 0 Å². The van der Waals surface area contributed by atoms with Crippen molar-refractivity contribution >= 4 is 33.7 Å². The first-order chi connectivity index (χ1) is 15.5. The average Bonchev–Trinajstić information content (AvgIpc) is 2.79. The zero-order chi connectivity index (χ0) is 24.8. The van der Waals surface area contributed by atoms with Crippen LogP contribution in [0.25, 0.3) is 0 Å². The first-order valence-electron chi connectivity index (χ1n) is 9.88. The van der Waals surface area contributed by atoms with Crippen LogP contribution in [0.2, 0.25) is 0 Å². The second kappa shape index (κ2) is 10.7. The summed E-state index contributed by atoms with van der Waals surface area (Å²) in [6, 6.07) is 5.65. The van der Waals surface area contributed by atoms with Gasteiger partial charge in [0.2, 0.25) is 9.84 Å². The summed E-state index contributed by atoms with van der Waals surface area (Å²) < 4.78 is 36.2. The minimum absolute atomic E-state index is 0.00868. The van der Waals surface area contributed by atoms with Gasteiger partial charge in [0.1, 0.15) is 0 Å². The number of carboxylic acid groups (broad SMARTS) is 2. The summed E-state index contributed by atoms with van der Waals surface area (Å²) in [7, 11) is -4.38. The molecule has 0 aromatic heterocycles. The van der Waals surface area contributed by atoms with E-state index >= 15 is 0 Å². The molecular weight excluding hydrogens is 456 g/mol. The molecule has 0 fully saturated rings. The first kappa shape index (κ1) is 25.5. The lowest BCUT2D eigenvalue weighted by atomic mass is 10.1. The molecule has 0 radical (unpaired) electrons. The van der Waals surface area contributed by atoms with E-state index in [1.807, 2.05) is 0 Å². The smallest absolute Gasteiger partial charge is 0.339 e. The summed E-state index contributed by atoms with van der Waals surface area (Å²) in [6.45, 7) is 3.48. The summed E-state index contributed by atoms with van der Waals surface area (Å²) in [5, 5.41) is 18.7. The van der Waals surface area contributed by atoms with Gasteiger partial charge in [-0.3, -0.25) is 0 Å². The number of rotatable bonds is 10. The monoisotopic (exact) mass is 478 g/mol. The highest BCUT2D eigenvalue weighted by Crippen LogP contribution is 2.26. The molecule has 33 heavy (non-hydrogen) atoms. The number of hydrogen-bond acceptors (Lipinski definition) is 8. The molecule has 10 nitrogen and oxygen atoms in total. The van der Waals surface area contributed by atoms with Gasteiger partial charge in [0.05, 0.1) is 45.3 Å². The van der Waals surface area contributed by atoms with E-state index in [1.54, 1.807) is 13.8 Å². The molecule has 2 rings (SSSR count). The molecule has 0 heterocycles. The Morgan fingerprint density at radius 2 is 1.06 bits per heavy atom. The number of esters is 2. The first-order valence-corrected chi connectivity index (χ1v) is 11.4. The fraction of sp³-hybridized carbons (Fsp3) is 0.273. The number of ether oxygens (including phenoxy) is 2. The van der Waals surface area contributed by atoms with Crippen molar-refractivity contribution in [3.8, 4) is 0 Å². The normalized spacial score (nSPS) is 11.0. The fourth-order valence-corrected chi connectivity index (χ4v) is 4.09. The Labute approximate surface area is 189 Å². The van der Waals surface area contributed by atoms with Crippen molar-refractivity contribution < 1.29 is 47.3 Å². The van der Waals surface area contributed by atoms with Gasteiger partial charge in [-0.15, -0.1) is 0 Å². The third-order valence-corrected chi connectivity index (χ3v) is 6.13. The Morgan fingerprint density at radius 1 is 0.697 bits per heavy atom. The van der Waals surface area contributed by atoms with Gasteiger partial charge in [-0.2, -0.15) is 0 Å². The Kier molecular flexibility index (Phi) is 8.30. The standard InChI is InChI=1S/C22H22O10S/c1-3-9-31-21(27)17-11-13(5-7-15(17)19(23)24)33(29,30)14-6-8-16(20(25)26)18(12-14)22(28)32-10-4-2/h5-8,11-12H,3-4,9-10H2,1-2H3,(H,23,24)(H,25,26). The second-order valence-corrected chi connectivity index (χ2v) is 8.75. The molecule has 2 N–H and O–H groups in total. The molecule has 0 spiro atoms. The van der Waals surface area contributed by atoms with E-state index in [0.29, 0.717) is 12.8 Å². The van der Waals surface area contributed by atoms with Crippen LogP contribution in [0.3, 0.4) is 0 Å². The number of carbonyl (C=O) groups excluding carboxylic acids is 2. The number of benzene rings is 2. The summed E-state index contributed by atoms with van der Waals surface area (Å²) in [4.78, 5) is 46.7. The molecule has 0 amide bonds. The molecule has 0 aliphatic heterocycles. The van der Waals surface area contributed by atoms with Crippen LogP contribution < -0.4 is 0 Å². The molecule has 176 valence electrons. The fourth-order valence-electron chi connectivity index (χ4n) is 2.77. The molecule has 0 saturated heterocycles. The van der Waals surface area contributed by atoms with Crippen molar-refractivity contribution in [3.05, 3.63) is 58.7 Å². The zero-order valence-corrected chi connectivity index (χ0v) is 18.7. The lowest BCUT2D eigenvalue weighted by Crippen LogP contribution is -2.15. The number of carbonyl (C=O) groups is 4. The van der Waals surface area contributed by atoms with Crippen molar-refractivity contribution in [2.45, 2.75) is 36.5 Å². The van der Waals surface area contributed by atoms with Gasteiger partial charge in [0.15, 0.2) is 0 Å². The number of hydrogen-bond donors (Lipinski definition) is 2.